The molecule has 0 aliphatic carbocycles. The maximum Gasteiger partial charge on any atom is 0.344 e. The molecule has 1 amide bonds. The first-order chi connectivity index (χ1) is 9.80. The Morgan fingerprint density at radius 3 is 2.43 bits per heavy atom. The number of nitrogens with one attached hydrogen (secondary N) is 1. The van der Waals surface area contributed by atoms with Crippen molar-refractivity contribution >= 4 is 12.4 Å². The number of benzene rings is 1. The van der Waals surface area contributed by atoms with Crippen LogP contribution in [0.2, 0.25) is 0 Å². The minimum Gasteiger partial charge on any atom is -0.482 e. The largest absolute Gasteiger partial charge is 0.482 e. The standard InChI is InChI=1S/C16H23NO4/c1-12(17-11-18)9-13-5-7-14(8-6-13)20-10-15(19)21-16(2,3)4/h5-8,11-12H,9-10H2,1-4H3,(H,17,18). The van der Waals surface area contributed by atoms with Crippen LogP contribution < -0.4 is 10.1 Å². The van der Waals surface area contributed by atoms with Crippen molar-refractivity contribution in [1.82, 2.24) is 5.32 Å². The van der Waals surface area contributed by atoms with Crippen LogP contribution >= 0.6 is 0 Å². The highest BCUT2D eigenvalue weighted by Gasteiger charge is 2.16. The lowest BCUT2D eigenvalue weighted by Crippen LogP contribution is -2.27. The van der Waals surface area contributed by atoms with Crippen LogP contribution in [-0.2, 0) is 20.7 Å². The van der Waals surface area contributed by atoms with Gasteiger partial charge in [0.15, 0.2) is 6.61 Å². The van der Waals surface area contributed by atoms with Gasteiger partial charge in [-0.2, -0.15) is 0 Å². The number of carbonyl (C=O) groups excluding carboxylic acids is 2. The van der Waals surface area contributed by atoms with Crippen molar-refractivity contribution < 1.29 is 19.1 Å². The average molecular weight is 293 g/mol. The predicted molar refractivity (Wildman–Crippen MR) is 80.1 cm³/mol. The summed E-state index contributed by atoms with van der Waals surface area (Å²) >= 11 is 0. The molecule has 1 N–H and O–H groups in total. The highest BCUT2D eigenvalue weighted by Crippen LogP contribution is 2.14. The highest BCUT2D eigenvalue weighted by atomic mass is 16.6. The van der Waals surface area contributed by atoms with Crippen molar-refractivity contribution in [3.63, 3.8) is 0 Å². The molecule has 21 heavy (non-hydrogen) atoms. The van der Waals surface area contributed by atoms with Crippen molar-refractivity contribution in [3.05, 3.63) is 29.8 Å². The molecule has 0 bridgehead atoms. The summed E-state index contributed by atoms with van der Waals surface area (Å²) in [6, 6.07) is 7.50. The van der Waals surface area contributed by atoms with E-state index in [1.165, 1.54) is 0 Å². The fraction of sp³-hybridized carbons (Fsp3) is 0.500. The van der Waals surface area contributed by atoms with E-state index in [0.717, 1.165) is 12.0 Å². The molecule has 0 heterocycles. The predicted octanol–water partition coefficient (Wildman–Crippen LogP) is 2.08. The second-order valence-electron chi connectivity index (χ2n) is 5.91. The van der Waals surface area contributed by atoms with Crippen LogP contribution in [0.5, 0.6) is 5.75 Å². The topological polar surface area (TPSA) is 64.6 Å². The van der Waals surface area contributed by atoms with E-state index in [1.807, 2.05) is 39.8 Å². The smallest absolute Gasteiger partial charge is 0.344 e. The number of rotatable bonds is 7. The Balaban J connectivity index is 2.44. The molecule has 0 fully saturated rings. The molecule has 0 radical (unpaired) electrons. The second-order valence-corrected chi connectivity index (χ2v) is 5.91. The van der Waals surface area contributed by atoms with E-state index >= 15 is 0 Å². The van der Waals surface area contributed by atoms with Gasteiger partial charge in [0.2, 0.25) is 6.41 Å². The number of ether oxygens (including phenoxy) is 2. The third-order valence-corrected chi connectivity index (χ3v) is 2.59. The minimum atomic E-state index is -0.508. The van der Waals surface area contributed by atoms with Crippen LogP contribution in [0.25, 0.3) is 0 Å². The molecule has 0 aromatic heterocycles. The van der Waals surface area contributed by atoms with E-state index in [2.05, 4.69) is 5.32 Å². The molecule has 1 aromatic carbocycles. The van der Waals surface area contributed by atoms with Crippen molar-refractivity contribution in [2.45, 2.75) is 45.8 Å². The highest BCUT2D eigenvalue weighted by molar-refractivity contribution is 5.71. The molecule has 0 spiro atoms. The average Bonchev–Trinajstić information content (AvgIpc) is 2.36. The molecule has 5 nitrogen and oxygen atoms in total. The van der Waals surface area contributed by atoms with Gasteiger partial charge in [0.1, 0.15) is 11.4 Å². The Morgan fingerprint density at radius 2 is 1.90 bits per heavy atom. The van der Waals surface area contributed by atoms with Crippen molar-refractivity contribution in [3.8, 4) is 5.75 Å². The third-order valence-electron chi connectivity index (χ3n) is 2.59. The van der Waals surface area contributed by atoms with Gasteiger partial charge in [-0.3, -0.25) is 4.79 Å². The number of esters is 1. The summed E-state index contributed by atoms with van der Waals surface area (Å²) in [4.78, 5) is 21.9. The third kappa shape index (κ3) is 7.34. The van der Waals surface area contributed by atoms with Gasteiger partial charge < -0.3 is 14.8 Å². The van der Waals surface area contributed by atoms with E-state index in [1.54, 1.807) is 12.1 Å². The van der Waals surface area contributed by atoms with Crippen molar-refractivity contribution in [2.24, 2.45) is 0 Å². The van der Waals surface area contributed by atoms with E-state index in [9.17, 15) is 9.59 Å². The molecule has 1 atom stereocenters. The van der Waals surface area contributed by atoms with Crippen LogP contribution in [0.15, 0.2) is 24.3 Å². The van der Waals surface area contributed by atoms with Gasteiger partial charge in [-0.1, -0.05) is 12.1 Å². The maximum atomic E-state index is 11.5. The molecule has 0 saturated carbocycles. The Kier molecular flexibility index (Phi) is 6.21. The summed E-state index contributed by atoms with van der Waals surface area (Å²) in [6.45, 7) is 7.26. The molecule has 1 aromatic rings. The second kappa shape index (κ2) is 7.67. The molecule has 0 aliphatic rings. The molecule has 1 rings (SSSR count). The zero-order valence-electron chi connectivity index (χ0n) is 13.0. The molecule has 1 unspecified atom stereocenters. The lowest BCUT2D eigenvalue weighted by Gasteiger charge is -2.19. The first-order valence-electron chi connectivity index (χ1n) is 6.93. The number of amides is 1. The van der Waals surface area contributed by atoms with E-state index < -0.39 is 11.6 Å². The van der Waals surface area contributed by atoms with Crippen LogP contribution in [0, 0.1) is 0 Å². The summed E-state index contributed by atoms with van der Waals surface area (Å²) in [6.07, 6.45) is 1.44. The van der Waals surface area contributed by atoms with Gasteiger partial charge in [-0.25, -0.2) is 4.79 Å². The summed E-state index contributed by atoms with van der Waals surface area (Å²) in [5, 5.41) is 2.70. The van der Waals surface area contributed by atoms with Gasteiger partial charge in [0, 0.05) is 6.04 Å². The van der Waals surface area contributed by atoms with Gasteiger partial charge in [0.05, 0.1) is 0 Å². The van der Waals surface area contributed by atoms with Crippen molar-refractivity contribution in [2.75, 3.05) is 6.61 Å². The Bertz CT molecular complexity index is 462. The number of hydrogen-bond donors (Lipinski definition) is 1. The monoisotopic (exact) mass is 293 g/mol. The van der Waals surface area contributed by atoms with Crippen molar-refractivity contribution in [1.29, 1.82) is 0 Å². The van der Waals surface area contributed by atoms with Gasteiger partial charge in [-0.05, 0) is 51.8 Å². The van der Waals surface area contributed by atoms with Crippen LogP contribution in [0.1, 0.15) is 33.3 Å². The summed E-state index contributed by atoms with van der Waals surface area (Å²) < 4.78 is 10.5. The normalized spacial score (nSPS) is 12.4. The fourth-order valence-electron chi connectivity index (χ4n) is 1.76. The molecule has 5 heteroatoms. The first-order valence-corrected chi connectivity index (χ1v) is 6.93. The van der Waals surface area contributed by atoms with Gasteiger partial charge >= 0.3 is 5.97 Å². The van der Waals surface area contributed by atoms with Crippen LogP contribution in [0.4, 0.5) is 0 Å². The molecule has 0 aliphatic heterocycles. The van der Waals surface area contributed by atoms with Gasteiger partial charge in [0.25, 0.3) is 0 Å². The Hall–Kier alpha value is -2.04. The van der Waals surface area contributed by atoms with Gasteiger partial charge in [-0.15, -0.1) is 0 Å². The summed E-state index contributed by atoms with van der Waals surface area (Å²) in [5.74, 6) is 0.219. The Morgan fingerprint density at radius 1 is 1.29 bits per heavy atom. The molecular formula is C16H23NO4. The minimum absolute atomic E-state index is 0.0797. The molecule has 0 saturated heterocycles. The zero-order valence-corrected chi connectivity index (χ0v) is 13.0. The van der Waals surface area contributed by atoms with E-state index in [-0.39, 0.29) is 12.6 Å². The summed E-state index contributed by atoms with van der Waals surface area (Å²) in [5.41, 5.74) is 0.577. The zero-order chi connectivity index (χ0) is 15.9. The van der Waals surface area contributed by atoms with Crippen LogP contribution in [0.3, 0.4) is 0 Å². The first kappa shape index (κ1) is 17.0. The molecule has 116 valence electrons. The lowest BCUT2D eigenvalue weighted by molar-refractivity contribution is -0.157. The Labute approximate surface area is 125 Å². The molecular weight excluding hydrogens is 270 g/mol. The van der Waals surface area contributed by atoms with E-state index in [0.29, 0.717) is 12.2 Å². The number of hydrogen-bond acceptors (Lipinski definition) is 4. The SMILES string of the molecule is CC(Cc1ccc(OCC(=O)OC(C)(C)C)cc1)NC=O. The van der Waals surface area contributed by atoms with E-state index in [4.69, 9.17) is 9.47 Å². The lowest BCUT2D eigenvalue weighted by atomic mass is 10.1. The quantitative estimate of drug-likeness (QED) is 0.617. The fourth-order valence-corrected chi connectivity index (χ4v) is 1.76. The summed E-state index contributed by atoms with van der Waals surface area (Å²) in [7, 11) is 0. The number of carbonyl (C=O) groups is 2. The maximum absolute atomic E-state index is 11.5. The van der Waals surface area contributed by atoms with Crippen LogP contribution in [-0.4, -0.2) is 30.6 Å².